The highest BCUT2D eigenvalue weighted by molar-refractivity contribution is 4.97. The summed E-state index contributed by atoms with van der Waals surface area (Å²) in [7, 11) is 2.10. The van der Waals surface area contributed by atoms with E-state index in [1.165, 1.54) is 19.3 Å². The summed E-state index contributed by atoms with van der Waals surface area (Å²) >= 11 is 0. The van der Waals surface area contributed by atoms with E-state index in [1.54, 1.807) is 0 Å². The zero-order chi connectivity index (χ0) is 9.41. The van der Waals surface area contributed by atoms with Gasteiger partial charge in [0.2, 0.25) is 0 Å². The van der Waals surface area contributed by atoms with Gasteiger partial charge in [0, 0.05) is 6.04 Å². The van der Waals surface area contributed by atoms with Crippen LogP contribution in [-0.4, -0.2) is 13.1 Å². The van der Waals surface area contributed by atoms with Gasteiger partial charge in [0.1, 0.15) is 0 Å². The summed E-state index contributed by atoms with van der Waals surface area (Å²) in [6.45, 7) is 9.54. The minimum absolute atomic E-state index is 0.469. The molecule has 72 valence electrons. The first-order valence-electron chi connectivity index (χ1n) is 5.07. The first kappa shape index (κ1) is 10.0. The minimum Gasteiger partial charge on any atom is -0.316 e. The Bertz CT molecular complexity index is 142. The van der Waals surface area contributed by atoms with Crippen LogP contribution in [0.4, 0.5) is 0 Å². The molecule has 1 rings (SSSR count). The van der Waals surface area contributed by atoms with Gasteiger partial charge in [-0.25, -0.2) is 0 Å². The van der Waals surface area contributed by atoms with Crippen molar-refractivity contribution in [3.8, 4) is 0 Å². The van der Waals surface area contributed by atoms with Crippen molar-refractivity contribution in [2.45, 2.75) is 53.0 Å². The molecular weight excluding hydrogens is 146 g/mol. The third-order valence-corrected chi connectivity index (χ3v) is 3.49. The van der Waals surface area contributed by atoms with Crippen molar-refractivity contribution in [2.24, 2.45) is 10.8 Å². The van der Waals surface area contributed by atoms with Gasteiger partial charge in [0.05, 0.1) is 0 Å². The Morgan fingerprint density at radius 2 is 1.42 bits per heavy atom. The summed E-state index contributed by atoms with van der Waals surface area (Å²) in [5.41, 5.74) is 0.938. The van der Waals surface area contributed by atoms with Crippen LogP contribution in [0.3, 0.4) is 0 Å². The maximum Gasteiger partial charge on any atom is 0.0166 e. The van der Waals surface area contributed by atoms with Crippen molar-refractivity contribution in [1.82, 2.24) is 5.32 Å². The van der Waals surface area contributed by atoms with Crippen LogP contribution in [0.1, 0.15) is 47.0 Å². The predicted molar refractivity (Wildman–Crippen MR) is 54.3 cm³/mol. The molecule has 0 unspecified atom stereocenters. The second-order valence-corrected chi connectivity index (χ2v) is 5.55. The molecule has 1 fully saturated rings. The fourth-order valence-corrected chi connectivity index (χ4v) is 3.13. The average molecular weight is 169 g/mol. The molecule has 1 saturated carbocycles. The number of rotatable bonds is 1. The van der Waals surface area contributed by atoms with Gasteiger partial charge in [-0.05, 0) is 30.7 Å². The van der Waals surface area contributed by atoms with Gasteiger partial charge < -0.3 is 5.32 Å². The van der Waals surface area contributed by atoms with E-state index < -0.39 is 0 Å². The van der Waals surface area contributed by atoms with E-state index in [0.717, 1.165) is 0 Å². The molecular formula is C11H23N. The van der Waals surface area contributed by atoms with E-state index in [2.05, 4.69) is 40.1 Å². The number of nitrogens with one attached hydrogen (secondary N) is 1. The molecule has 0 saturated heterocycles. The minimum atomic E-state index is 0.469. The topological polar surface area (TPSA) is 12.0 Å². The Morgan fingerprint density at radius 3 is 1.67 bits per heavy atom. The molecule has 0 radical (unpaired) electrons. The van der Waals surface area contributed by atoms with Crippen molar-refractivity contribution in [2.75, 3.05) is 7.05 Å². The summed E-state index contributed by atoms with van der Waals surface area (Å²) in [4.78, 5) is 0. The lowest BCUT2D eigenvalue weighted by Gasteiger charge is -2.49. The summed E-state index contributed by atoms with van der Waals surface area (Å²) < 4.78 is 0. The molecule has 0 atom stereocenters. The van der Waals surface area contributed by atoms with Gasteiger partial charge in [0.25, 0.3) is 0 Å². The van der Waals surface area contributed by atoms with Crippen LogP contribution in [-0.2, 0) is 0 Å². The van der Waals surface area contributed by atoms with Crippen LogP contribution in [0.5, 0.6) is 0 Å². The maximum atomic E-state index is 3.48. The Morgan fingerprint density at radius 1 is 1.00 bits per heavy atom. The SMILES string of the molecule is CNC1C(C)(C)CCCC1(C)C. The lowest BCUT2D eigenvalue weighted by atomic mass is 9.61. The van der Waals surface area contributed by atoms with Crippen LogP contribution in [0.15, 0.2) is 0 Å². The fraction of sp³-hybridized carbons (Fsp3) is 1.00. The molecule has 0 aromatic rings. The molecule has 0 heterocycles. The van der Waals surface area contributed by atoms with E-state index in [9.17, 15) is 0 Å². The molecule has 0 spiro atoms. The van der Waals surface area contributed by atoms with Gasteiger partial charge in [-0.1, -0.05) is 34.1 Å². The highest BCUT2D eigenvalue weighted by atomic mass is 14.9. The van der Waals surface area contributed by atoms with Crippen LogP contribution >= 0.6 is 0 Å². The average Bonchev–Trinajstić information content (AvgIpc) is 1.83. The van der Waals surface area contributed by atoms with Crippen LogP contribution in [0.25, 0.3) is 0 Å². The lowest BCUT2D eigenvalue weighted by molar-refractivity contribution is 0.0555. The molecule has 0 bridgehead atoms. The van der Waals surface area contributed by atoms with Gasteiger partial charge in [-0.2, -0.15) is 0 Å². The molecule has 0 amide bonds. The third kappa shape index (κ3) is 1.66. The van der Waals surface area contributed by atoms with Crippen LogP contribution < -0.4 is 5.32 Å². The Balaban J connectivity index is 2.81. The lowest BCUT2D eigenvalue weighted by Crippen LogP contribution is -2.52. The first-order chi connectivity index (χ1) is 5.40. The van der Waals surface area contributed by atoms with Gasteiger partial charge >= 0.3 is 0 Å². The molecule has 0 aromatic heterocycles. The fourth-order valence-electron chi connectivity index (χ4n) is 3.13. The van der Waals surface area contributed by atoms with E-state index in [1.807, 2.05) is 0 Å². The molecule has 1 heteroatoms. The van der Waals surface area contributed by atoms with Gasteiger partial charge in [-0.3, -0.25) is 0 Å². The normalized spacial score (nSPS) is 28.8. The summed E-state index contributed by atoms with van der Waals surface area (Å²) in [6, 6.07) is 0.666. The zero-order valence-electron chi connectivity index (χ0n) is 9.20. The van der Waals surface area contributed by atoms with Crippen LogP contribution in [0.2, 0.25) is 0 Å². The Hall–Kier alpha value is -0.0400. The van der Waals surface area contributed by atoms with Crippen molar-refractivity contribution in [3.63, 3.8) is 0 Å². The van der Waals surface area contributed by atoms with Gasteiger partial charge in [0.15, 0.2) is 0 Å². The van der Waals surface area contributed by atoms with Crippen molar-refractivity contribution in [1.29, 1.82) is 0 Å². The first-order valence-corrected chi connectivity index (χ1v) is 5.07. The molecule has 0 aromatic carbocycles. The monoisotopic (exact) mass is 169 g/mol. The largest absolute Gasteiger partial charge is 0.316 e. The summed E-state index contributed by atoms with van der Waals surface area (Å²) in [6.07, 6.45) is 4.11. The van der Waals surface area contributed by atoms with Crippen molar-refractivity contribution < 1.29 is 0 Å². The highest BCUT2D eigenvalue weighted by Crippen LogP contribution is 2.45. The number of hydrogen-bond acceptors (Lipinski definition) is 1. The molecule has 1 aliphatic rings. The summed E-state index contributed by atoms with van der Waals surface area (Å²) in [5.74, 6) is 0. The quantitative estimate of drug-likeness (QED) is 0.636. The van der Waals surface area contributed by atoms with E-state index in [-0.39, 0.29) is 0 Å². The maximum absolute atomic E-state index is 3.48. The Kier molecular flexibility index (Phi) is 2.53. The second kappa shape index (κ2) is 3.02. The van der Waals surface area contributed by atoms with Crippen LogP contribution in [0, 0.1) is 10.8 Å². The standard InChI is InChI=1S/C11H23N/c1-10(2)7-6-8-11(3,4)9(10)12-5/h9,12H,6-8H2,1-5H3. The van der Waals surface area contributed by atoms with E-state index in [4.69, 9.17) is 0 Å². The molecule has 1 nitrogen and oxygen atoms in total. The third-order valence-electron chi connectivity index (χ3n) is 3.49. The van der Waals surface area contributed by atoms with Crippen molar-refractivity contribution >= 4 is 0 Å². The smallest absolute Gasteiger partial charge is 0.0166 e. The number of hydrogen-bond donors (Lipinski definition) is 1. The highest BCUT2D eigenvalue weighted by Gasteiger charge is 2.42. The van der Waals surface area contributed by atoms with Gasteiger partial charge in [-0.15, -0.1) is 0 Å². The molecule has 1 N–H and O–H groups in total. The van der Waals surface area contributed by atoms with E-state index in [0.29, 0.717) is 16.9 Å². The molecule has 1 aliphatic carbocycles. The van der Waals surface area contributed by atoms with E-state index >= 15 is 0 Å². The second-order valence-electron chi connectivity index (χ2n) is 5.55. The van der Waals surface area contributed by atoms with Crippen molar-refractivity contribution in [3.05, 3.63) is 0 Å². The predicted octanol–water partition coefficient (Wildman–Crippen LogP) is 2.81. The molecule has 0 aliphatic heterocycles. The molecule has 12 heavy (non-hydrogen) atoms. The summed E-state index contributed by atoms with van der Waals surface area (Å²) in [5, 5.41) is 3.48. The zero-order valence-corrected chi connectivity index (χ0v) is 9.20. The Labute approximate surface area is 76.9 Å².